The minimum Gasteiger partial charge on any atom is -0.396 e. The largest absolute Gasteiger partial charge is 0.396 e. The average molecular weight is 439 g/mol. The first-order chi connectivity index (χ1) is 14.9. The predicted molar refractivity (Wildman–Crippen MR) is 122 cm³/mol. The van der Waals surface area contributed by atoms with Gasteiger partial charge in [-0.1, -0.05) is 12.2 Å². The summed E-state index contributed by atoms with van der Waals surface area (Å²) in [6.07, 6.45) is 8.34. The highest BCUT2D eigenvalue weighted by Gasteiger charge is 2.40. The van der Waals surface area contributed by atoms with Crippen LogP contribution in [-0.4, -0.2) is 54.9 Å². The van der Waals surface area contributed by atoms with Gasteiger partial charge in [0.05, 0.1) is 27.3 Å². The molecule has 0 amide bonds. The highest BCUT2D eigenvalue weighted by Crippen LogP contribution is 2.38. The number of aromatic nitrogens is 4. The molecule has 3 aromatic heterocycles. The average Bonchev–Trinajstić information content (AvgIpc) is 3.14. The van der Waals surface area contributed by atoms with Gasteiger partial charge >= 0.3 is 0 Å². The summed E-state index contributed by atoms with van der Waals surface area (Å²) in [5.74, 6) is 1.35. The summed E-state index contributed by atoms with van der Waals surface area (Å²) in [6, 6.07) is 2.05. The van der Waals surface area contributed by atoms with Crippen molar-refractivity contribution in [1.82, 2.24) is 19.9 Å². The molecule has 0 saturated heterocycles. The van der Waals surface area contributed by atoms with Crippen molar-refractivity contribution >= 4 is 33.3 Å². The molecule has 3 heterocycles. The maximum Gasteiger partial charge on any atom is 0.225 e. The number of hydrogen-bond acceptors (Lipinski definition) is 9. The van der Waals surface area contributed by atoms with Gasteiger partial charge in [-0.2, -0.15) is 4.98 Å². The second-order valence-corrected chi connectivity index (χ2v) is 9.54. The second kappa shape index (κ2) is 7.81. The lowest BCUT2D eigenvalue weighted by Crippen LogP contribution is -2.23. The molecule has 3 aromatic rings. The monoisotopic (exact) mass is 438 g/mol. The standard InChI is InChI=1S/C22H26N6O2S/c1-12-17(20-27-18-13(2)23-8-5-16(18)31-20)19(26-15-4-3-14(9-15)10-29)28-21(25-12)24-11-22(30)6-7-22/h3-5,8,14-15,29-30H,6-7,9-11H2,1-2H3,(H2,24,25,26,28). The van der Waals surface area contributed by atoms with Gasteiger partial charge in [0.1, 0.15) is 16.3 Å². The number of hydrogen-bond donors (Lipinski definition) is 4. The molecule has 2 aliphatic rings. The lowest BCUT2D eigenvalue weighted by molar-refractivity contribution is 0.164. The van der Waals surface area contributed by atoms with Gasteiger partial charge in [0.2, 0.25) is 5.95 Å². The van der Waals surface area contributed by atoms with E-state index in [0.29, 0.717) is 18.3 Å². The molecular weight excluding hydrogens is 412 g/mol. The number of anilines is 2. The molecule has 5 rings (SSSR count). The number of aliphatic hydroxyl groups is 2. The summed E-state index contributed by atoms with van der Waals surface area (Å²) in [6.45, 7) is 4.49. The van der Waals surface area contributed by atoms with Gasteiger partial charge in [0, 0.05) is 31.3 Å². The normalized spacial score (nSPS) is 21.5. The van der Waals surface area contributed by atoms with E-state index in [1.807, 2.05) is 26.0 Å². The van der Waals surface area contributed by atoms with E-state index in [2.05, 4.69) is 26.7 Å². The van der Waals surface area contributed by atoms with E-state index in [9.17, 15) is 10.2 Å². The number of aliphatic hydroxyl groups excluding tert-OH is 1. The topological polar surface area (TPSA) is 116 Å². The van der Waals surface area contributed by atoms with E-state index < -0.39 is 5.60 Å². The molecule has 162 valence electrons. The summed E-state index contributed by atoms with van der Waals surface area (Å²) < 4.78 is 1.08. The van der Waals surface area contributed by atoms with Gasteiger partial charge in [-0.15, -0.1) is 11.3 Å². The van der Waals surface area contributed by atoms with E-state index in [-0.39, 0.29) is 18.6 Å². The summed E-state index contributed by atoms with van der Waals surface area (Å²) in [7, 11) is 0. The van der Waals surface area contributed by atoms with Gasteiger partial charge in [-0.05, 0) is 39.2 Å². The third kappa shape index (κ3) is 4.13. The van der Waals surface area contributed by atoms with Crippen LogP contribution in [0, 0.1) is 19.8 Å². The van der Waals surface area contributed by atoms with Gasteiger partial charge in [0.15, 0.2) is 0 Å². The second-order valence-electron chi connectivity index (χ2n) is 8.51. The Morgan fingerprint density at radius 1 is 1.16 bits per heavy atom. The van der Waals surface area contributed by atoms with Gasteiger partial charge in [-0.3, -0.25) is 4.98 Å². The van der Waals surface area contributed by atoms with Crippen molar-refractivity contribution in [2.24, 2.45) is 5.92 Å². The van der Waals surface area contributed by atoms with E-state index in [0.717, 1.165) is 51.4 Å². The zero-order valence-corrected chi connectivity index (χ0v) is 18.4. The van der Waals surface area contributed by atoms with Crippen LogP contribution in [0.2, 0.25) is 0 Å². The van der Waals surface area contributed by atoms with Crippen LogP contribution in [0.3, 0.4) is 0 Å². The molecule has 1 saturated carbocycles. The number of aryl methyl sites for hydroxylation is 2. The van der Waals surface area contributed by atoms with Crippen molar-refractivity contribution in [3.05, 3.63) is 35.8 Å². The van der Waals surface area contributed by atoms with E-state index in [4.69, 9.17) is 9.97 Å². The van der Waals surface area contributed by atoms with Crippen molar-refractivity contribution in [3.63, 3.8) is 0 Å². The van der Waals surface area contributed by atoms with Crippen LogP contribution in [-0.2, 0) is 0 Å². The van der Waals surface area contributed by atoms with Crippen LogP contribution < -0.4 is 10.6 Å². The van der Waals surface area contributed by atoms with Crippen LogP contribution in [0.25, 0.3) is 20.8 Å². The molecular formula is C22H26N6O2S. The summed E-state index contributed by atoms with van der Waals surface area (Å²) in [5.41, 5.74) is 2.84. The Morgan fingerprint density at radius 2 is 2.00 bits per heavy atom. The summed E-state index contributed by atoms with van der Waals surface area (Å²) >= 11 is 1.60. The predicted octanol–water partition coefficient (Wildman–Crippen LogP) is 3.05. The molecule has 9 heteroatoms. The molecule has 8 nitrogen and oxygen atoms in total. The molecule has 0 aliphatic heterocycles. The Bertz CT molecular complexity index is 1160. The smallest absolute Gasteiger partial charge is 0.225 e. The van der Waals surface area contributed by atoms with E-state index in [1.54, 1.807) is 17.5 Å². The van der Waals surface area contributed by atoms with E-state index >= 15 is 0 Å². The molecule has 0 radical (unpaired) electrons. The van der Waals surface area contributed by atoms with Crippen LogP contribution in [0.4, 0.5) is 11.8 Å². The molecule has 0 spiro atoms. The first-order valence-corrected chi connectivity index (χ1v) is 11.4. The van der Waals surface area contributed by atoms with E-state index in [1.165, 1.54) is 0 Å². The minimum absolute atomic E-state index is 0.0726. The Morgan fingerprint density at radius 3 is 2.71 bits per heavy atom. The van der Waals surface area contributed by atoms with Gasteiger partial charge < -0.3 is 20.8 Å². The Hall–Kier alpha value is -2.62. The minimum atomic E-state index is -0.635. The molecule has 0 aromatic carbocycles. The molecule has 2 unspecified atom stereocenters. The molecule has 2 atom stereocenters. The molecule has 2 aliphatic carbocycles. The molecule has 4 N–H and O–H groups in total. The number of fused-ring (bicyclic) bond motifs is 1. The quantitative estimate of drug-likeness (QED) is 0.416. The fourth-order valence-corrected chi connectivity index (χ4v) is 4.97. The maximum absolute atomic E-state index is 10.2. The third-order valence-corrected chi connectivity index (χ3v) is 6.96. The van der Waals surface area contributed by atoms with Crippen molar-refractivity contribution in [1.29, 1.82) is 0 Å². The SMILES string of the molecule is Cc1nc(NCC2(O)CC2)nc(NC2C=CC(CO)C2)c1-c1nc2c(C)nccc2s1. The summed E-state index contributed by atoms with van der Waals surface area (Å²) in [5, 5.41) is 27.2. The molecule has 0 bridgehead atoms. The number of nitrogens with zero attached hydrogens (tertiary/aromatic N) is 4. The van der Waals surface area contributed by atoms with Gasteiger partial charge in [0.25, 0.3) is 0 Å². The van der Waals surface area contributed by atoms with Crippen LogP contribution >= 0.6 is 11.3 Å². The Labute approximate surface area is 184 Å². The Kier molecular flexibility index (Phi) is 5.11. The fourth-order valence-electron chi connectivity index (χ4n) is 3.86. The third-order valence-electron chi connectivity index (χ3n) is 5.93. The molecule has 1 fully saturated rings. The number of pyridine rings is 1. The number of nitrogens with one attached hydrogen (secondary N) is 2. The van der Waals surface area contributed by atoms with Crippen LogP contribution in [0.1, 0.15) is 30.7 Å². The first kappa shape index (κ1) is 20.3. The van der Waals surface area contributed by atoms with Crippen LogP contribution in [0.15, 0.2) is 24.4 Å². The van der Waals surface area contributed by atoms with Crippen molar-refractivity contribution in [2.45, 2.75) is 44.8 Å². The van der Waals surface area contributed by atoms with Crippen molar-refractivity contribution < 1.29 is 10.2 Å². The fraction of sp³-hybridized carbons (Fsp3) is 0.455. The maximum atomic E-state index is 10.2. The zero-order valence-electron chi connectivity index (χ0n) is 17.6. The highest BCUT2D eigenvalue weighted by molar-refractivity contribution is 7.21. The van der Waals surface area contributed by atoms with Crippen molar-refractivity contribution in [3.8, 4) is 10.6 Å². The van der Waals surface area contributed by atoms with Gasteiger partial charge in [-0.25, -0.2) is 9.97 Å². The lowest BCUT2D eigenvalue weighted by Gasteiger charge is -2.18. The first-order valence-electron chi connectivity index (χ1n) is 10.6. The summed E-state index contributed by atoms with van der Waals surface area (Å²) in [4.78, 5) is 18.6. The van der Waals surface area contributed by atoms with Crippen LogP contribution in [0.5, 0.6) is 0 Å². The molecule has 31 heavy (non-hydrogen) atoms. The number of rotatable bonds is 7. The Balaban J connectivity index is 1.53. The van der Waals surface area contributed by atoms with Crippen molar-refractivity contribution in [2.75, 3.05) is 23.8 Å². The lowest BCUT2D eigenvalue weighted by atomic mass is 10.1. The number of thiazole rings is 1. The highest BCUT2D eigenvalue weighted by atomic mass is 32.1. The zero-order chi connectivity index (χ0) is 21.6.